The summed E-state index contributed by atoms with van der Waals surface area (Å²) in [5.74, 6) is 0.691. The van der Waals surface area contributed by atoms with Crippen molar-refractivity contribution in [3.05, 3.63) is 40.1 Å². The van der Waals surface area contributed by atoms with Crippen molar-refractivity contribution >= 4 is 34.9 Å². The predicted octanol–water partition coefficient (Wildman–Crippen LogP) is 1.99. The van der Waals surface area contributed by atoms with Crippen LogP contribution >= 0.6 is 23.1 Å². The van der Waals surface area contributed by atoms with Crippen LogP contribution in [-0.2, 0) is 16.8 Å². The molecule has 0 unspecified atom stereocenters. The zero-order valence-corrected chi connectivity index (χ0v) is 18.2. The van der Waals surface area contributed by atoms with E-state index in [1.807, 2.05) is 22.6 Å². The smallest absolute Gasteiger partial charge is 0.261 e. The first-order valence-corrected chi connectivity index (χ1v) is 12.3. The van der Waals surface area contributed by atoms with Crippen molar-refractivity contribution in [3.63, 3.8) is 0 Å². The van der Waals surface area contributed by atoms with Crippen LogP contribution in [0, 0.1) is 0 Å². The number of likely N-dealkylation sites (tertiary alicyclic amines) is 1. The summed E-state index contributed by atoms with van der Waals surface area (Å²) in [6.07, 6.45) is 7.07. The Kier molecular flexibility index (Phi) is 6.26. The molecule has 156 valence electrons. The Morgan fingerprint density at radius 1 is 1.41 bits per heavy atom. The Balaban J connectivity index is 1.42. The zero-order valence-electron chi connectivity index (χ0n) is 16.6. The van der Waals surface area contributed by atoms with Crippen LogP contribution in [0.4, 0.5) is 0 Å². The second-order valence-corrected chi connectivity index (χ2v) is 9.53. The number of hydrogen-bond acceptors (Lipinski definition) is 6. The molecular formula is C20H27N5O2S2. The number of rotatable bonds is 6. The second kappa shape index (κ2) is 8.89. The van der Waals surface area contributed by atoms with Gasteiger partial charge in [-0.2, -0.15) is 11.8 Å². The van der Waals surface area contributed by atoms with Gasteiger partial charge in [0.25, 0.3) is 5.91 Å². The average Bonchev–Trinajstić information content (AvgIpc) is 3.44. The van der Waals surface area contributed by atoms with Gasteiger partial charge in [0.05, 0.1) is 22.4 Å². The fourth-order valence-electron chi connectivity index (χ4n) is 4.31. The first-order chi connectivity index (χ1) is 14.1. The summed E-state index contributed by atoms with van der Waals surface area (Å²) in [5.41, 5.74) is 2.18. The molecule has 9 heteroatoms. The fourth-order valence-corrected chi connectivity index (χ4v) is 5.41. The molecule has 2 aliphatic heterocycles. The van der Waals surface area contributed by atoms with E-state index >= 15 is 0 Å². The van der Waals surface area contributed by atoms with Gasteiger partial charge in [-0.15, -0.1) is 11.3 Å². The highest BCUT2D eigenvalue weighted by Gasteiger charge is 2.42. The monoisotopic (exact) mass is 433 g/mol. The van der Waals surface area contributed by atoms with Gasteiger partial charge in [-0.3, -0.25) is 9.59 Å². The van der Waals surface area contributed by atoms with Gasteiger partial charge in [0.2, 0.25) is 5.91 Å². The largest absolute Gasteiger partial charge is 0.348 e. The summed E-state index contributed by atoms with van der Waals surface area (Å²) in [7, 11) is 0. The van der Waals surface area contributed by atoms with E-state index in [9.17, 15) is 9.59 Å². The number of fused-ring (bicyclic) bond motifs is 2. The normalized spacial score (nSPS) is 19.0. The standard InChI is InChI=1S/C20H27N5O2S2/c1-28-12-5-15(24-18(26)16-3-2-11-29-16)19(27)25-9-6-20(7-10-25)17-14(4-8-23-20)21-13-22-17/h2-3,11,13,15,23H,4-10,12H2,1H3,(H,21,22)(H,24,26)/t15-/m0/s1. The number of carbonyl (C=O) groups is 2. The van der Waals surface area contributed by atoms with E-state index in [0.717, 1.165) is 37.3 Å². The summed E-state index contributed by atoms with van der Waals surface area (Å²) < 4.78 is 0. The zero-order chi connectivity index (χ0) is 20.3. The van der Waals surface area contributed by atoms with Gasteiger partial charge in [-0.05, 0) is 42.7 Å². The molecule has 1 fully saturated rings. The highest BCUT2D eigenvalue weighted by atomic mass is 32.2. The molecular weight excluding hydrogens is 406 g/mol. The number of amides is 2. The number of carbonyl (C=O) groups excluding carboxylic acids is 2. The Labute approximate surface area is 179 Å². The SMILES string of the molecule is CSCC[C@H](NC(=O)c1cccs1)C(=O)N1CCC2(CC1)NCCc1[nH]cnc12. The van der Waals surface area contributed by atoms with Crippen molar-refractivity contribution in [2.75, 3.05) is 31.6 Å². The van der Waals surface area contributed by atoms with Crippen LogP contribution in [0.3, 0.4) is 0 Å². The minimum Gasteiger partial charge on any atom is -0.348 e. The summed E-state index contributed by atoms with van der Waals surface area (Å²) >= 11 is 3.08. The Bertz CT molecular complexity index is 843. The maximum absolute atomic E-state index is 13.2. The van der Waals surface area contributed by atoms with Gasteiger partial charge in [-0.25, -0.2) is 4.98 Å². The van der Waals surface area contributed by atoms with Crippen molar-refractivity contribution < 1.29 is 9.59 Å². The first kappa shape index (κ1) is 20.4. The van der Waals surface area contributed by atoms with Gasteiger partial charge >= 0.3 is 0 Å². The quantitative estimate of drug-likeness (QED) is 0.648. The van der Waals surface area contributed by atoms with Crippen LogP contribution in [0.1, 0.15) is 40.3 Å². The Morgan fingerprint density at radius 2 is 2.24 bits per heavy atom. The molecule has 3 N–H and O–H groups in total. The molecule has 29 heavy (non-hydrogen) atoms. The van der Waals surface area contributed by atoms with Gasteiger partial charge in [0.15, 0.2) is 0 Å². The number of nitrogens with zero attached hydrogens (tertiary/aromatic N) is 2. The maximum atomic E-state index is 13.2. The van der Waals surface area contributed by atoms with E-state index in [4.69, 9.17) is 0 Å². The molecule has 0 radical (unpaired) electrons. The van der Waals surface area contributed by atoms with Crippen LogP contribution in [0.2, 0.25) is 0 Å². The summed E-state index contributed by atoms with van der Waals surface area (Å²) in [5, 5.41) is 8.50. The van der Waals surface area contributed by atoms with Crippen LogP contribution in [0.5, 0.6) is 0 Å². The third-order valence-corrected chi connectivity index (χ3v) is 7.41. The maximum Gasteiger partial charge on any atom is 0.261 e. The third-order valence-electron chi connectivity index (χ3n) is 5.90. The predicted molar refractivity (Wildman–Crippen MR) is 116 cm³/mol. The number of thioether (sulfide) groups is 1. The molecule has 2 aromatic rings. The molecule has 4 rings (SSSR count). The van der Waals surface area contributed by atoms with E-state index in [0.29, 0.717) is 24.4 Å². The molecule has 2 aliphatic rings. The van der Waals surface area contributed by atoms with Crippen molar-refractivity contribution in [3.8, 4) is 0 Å². The fraction of sp³-hybridized carbons (Fsp3) is 0.550. The van der Waals surface area contributed by atoms with Crippen LogP contribution in [0.25, 0.3) is 0 Å². The minimum absolute atomic E-state index is 0.0249. The highest BCUT2D eigenvalue weighted by Crippen LogP contribution is 2.36. The number of aromatic amines is 1. The molecule has 7 nitrogen and oxygen atoms in total. The molecule has 1 saturated heterocycles. The first-order valence-electron chi connectivity index (χ1n) is 10.0. The number of thiophene rings is 1. The van der Waals surface area contributed by atoms with Crippen molar-refractivity contribution in [2.45, 2.75) is 37.3 Å². The summed E-state index contributed by atoms with van der Waals surface area (Å²) in [4.78, 5) is 36.1. The molecule has 2 aromatic heterocycles. The molecule has 1 spiro atoms. The van der Waals surface area contributed by atoms with Crippen LogP contribution in [-0.4, -0.2) is 64.4 Å². The van der Waals surface area contributed by atoms with E-state index in [2.05, 4.69) is 20.6 Å². The van der Waals surface area contributed by atoms with E-state index in [1.54, 1.807) is 24.2 Å². The molecule has 0 aliphatic carbocycles. The molecule has 0 bridgehead atoms. The van der Waals surface area contributed by atoms with E-state index in [1.165, 1.54) is 17.0 Å². The van der Waals surface area contributed by atoms with Gasteiger partial charge in [-0.1, -0.05) is 6.07 Å². The van der Waals surface area contributed by atoms with Crippen LogP contribution < -0.4 is 10.6 Å². The average molecular weight is 434 g/mol. The minimum atomic E-state index is -0.480. The third kappa shape index (κ3) is 4.22. The lowest BCUT2D eigenvalue weighted by molar-refractivity contribution is -0.135. The Hall–Kier alpha value is -1.84. The van der Waals surface area contributed by atoms with Gasteiger partial charge in [0, 0.05) is 31.7 Å². The number of nitrogens with one attached hydrogen (secondary N) is 3. The number of H-pyrrole nitrogens is 1. The topological polar surface area (TPSA) is 90.1 Å². The van der Waals surface area contributed by atoms with Crippen molar-refractivity contribution in [1.29, 1.82) is 0 Å². The molecule has 0 saturated carbocycles. The molecule has 4 heterocycles. The Morgan fingerprint density at radius 3 is 2.97 bits per heavy atom. The number of imidazole rings is 1. The second-order valence-electron chi connectivity index (χ2n) is 7.60. The number of piperidine rings is 1. The summed E-state index contributed by atoms with van der Waals surface area (Å²) in [6.45, 7) is 2.27. The lowest BCUT2D eigenvalue weighted by Crippen LogP contribution is -2.57. The summed E-state index contributed by atoms with van der Waals surface area (Å²) in [6, 6.07) is 3.16. The van der Waals surface area contributed by atoms with Crippen molar-refractivity contribution in [2.24, 2.45) is 0 Å². The van der Waals surface area contributed by atoms with Crippen LogP contribution in [0.15, 0.2) is 23.8 Å². The molecule has 2 amide bonds. The van der Waals surface area contributed by atoms with Gasteiger partial charge < -0.3 is 20.5 Å². The number of aromatic nitrogens is 2. The lowest BCUT2D eigenvalue weighted by atomic mass is 9.80. The molecule has 1 atom stereocenters. The molecule has 0 aromatic carbocycles. The van der Waals surface area contributed by atoms with E-state index < -0.39 is 6.04 Å². The lowest BCUT2D eigenvalue weighted by Gasteiger charge is -2.44. The highest BCUT2D eigenvalue weighted by molar-refractivity contribution is 7.98. The van der Waals surface area contributed by atoms with Crippen molar-refractivity contribution in [1.82, 2.24) is 25.5 Å². The van der Waals surface area contributed by atoms with E-state index in [-0.39, 0.29) is 17.4 Å². The van der Waals surface area contributed by atoms with Gasteiger partial charge in [0.1, 0.15) is 6.04 Å². The number of hydrogen-bond donors (Lipinski definition) is 3.